The summed E-state index contributed by atoms with van der Waals surface area (Å²) in [5.41, 5.74) is 0. The molecule has 2 N–H and O–H groups in total. The summed E-state index contributed by atoms with van der Waals surface area (Å²) in [4.78, 5) is 0. The Hall–Kier alpha value is -0.850. The molecule has 1 aromatic rings. The highest BCUT2D eigenvalue weighted by molar-refractivity contribution is 7.89. The van der Waals surface area contributed by atoms with E-state index in [2.05, 4.69) is 17.0 Å². The van der Waals surface area contributed by atoms with Gasteiger partial charge < -0.3 is 9.73 Å². The summed E-state index contributed by atoms with van der Waals surface area (Å²) >= 11 is 0. The van der Waals surface area contributed by atoms with Crippen molar-refractivity contribution in [2.45, 2.75) is 44.4 Å². The van der Waals surface area contributed by atoms with Gasteiger partial charge in [0, 0.05) is 6.04 Å². The molecule has 1 aliphatic carbocycles. The van der Waals surface area contributed by atoms with E-state index in [4.69, 9.17) is 4.42 Å². The van der Waals surface area contributed by atoms with Crippen LogP contribution in [-0.4, -0.2) is 21.0 Å². The highest BCUT2D eigenvalue weighted by atomic mass is 32.2. The molecule has 1 aliphatic rings. The van der Waals surface area contributed by atoms with Crippen molar-refractivity contribution in [3.63, 3.8) is 0 Å². The summed E-state index contributed by atoms with van der Waals surface area (Å²) in [5, 5.41) is 3.10. The first-order valence-corrected chi connectivity index (χ1v) is 7.87. The molecule has 2 atom stereocenters. The van der Waals surface area contributed by atoms with Gasteiger partial charge in [-0.3, -0.25) is 0 Å². The lowest BCUT2D eigenvalue weighted by Gasteiger charge is -2.03. The van der Waals surface area contributed by atoms with Crippen LogP contribution < -0.4 is 10.0 Å². The molecule has 1 saturated carbocycles. The average molecular weight is 272 g/mol. The summed E-state index contributed by atoms with van der Waals surface area (Å²) in [6.07, 6.45) is 1.94. The fraction of sp³-hybridized carbons (Fsp3) is 0.667. The zero-order valence-corrected chi connectivity index (χ0v) is 11.6. The van der Waals surface area contributed by atoms with Crippen molar-refractivity contribution in [3.05, 3.63) is 17.9 Å². The van der Waals surface area contributed by atoms with Crippen LogP contribution in [0, 0.1) is 5.92 Å². The van der Waals surface area contributed by atoms with Crippen molar-refractivity contribution in [2.24, 2.45) is 5.92 Å². The largest absolute Gasteiger partial charge is 0.447 e. The Balaban J connectivity index is 1.99. The van der Waals surface area contributed by atoms with Crippen LogP contribution in [-0.2, 0) is 16.6 Å². The number of rotatable bonds is 7. The Morgan fingerprint density at radius 3 is 2.78 bits per heavy atom. The monoisotopic (exact) mass is 272 g/mol. The Kier molecular flexibility index (Phi) is 4.09. The van der Waals surface area contributed by atoms with Crippen LogP contribution in [0.3, 0.4) is 0 Å². The van der Waals surface area contributed by atoms with E-state index in [1.54, 1.807) is 6.07 Å². The molecule has 102 valence electrons. The van der Waals surface area contributed by atoms with E-state index < -0.39 is 10.0 Å². The van der Waals surface area contributed by atoms with Gasteiger partial charge in [-0.25, -0.2) is 13.1 Å². The summed E-state index contributed by atoms with van der Waals surface area (Å²) in [5.74, 6) is 1.12. The third-order valence-electron chi connectivity index (χ3n) is 3.20. The predicted octanol–water partition coefficient (Wildman–Crippen LogP) is 1.47. The first kappa shape index (κ1) is 13.6. The summed E-state index contributed by atoms with van der Waals surface area (Å²) in [6, 6.07) is 3.29. The second kappa shape index (κ2) is 5.42. The molecule has 5 nitrogen and oxygen atoms in total. The molecular formula is C12H20N2O3S. The number of furan rings is 1. The van der Waals surface area contributed by atoms with Gasteiger partial charge in [-0.05, 0) is 31.0 Å². The van der Waals surface area contributed by atoms with E-state index in [0.29, 0.717) is 18.2 Å². The first-order valence-electron chi connectivity index (χ1n) is 6.38. The highest BCUT2D eigenvalue weighted by Gasteiger charge is 2.39. The van der Waals surface area contributed by atoms with Gasteiger partial charge in [0.05, 0.1) is 6.54 Å². The quantitative estimate of drug-likeness (QED) is 0.788. The lowest BCUT2D eigenvalue weighted by Crippen LogP contribution is -2.26. The zero-order chi connectivity index (χ0) is 13.2. The van der Waals surface area contributed by atoms with Crippen LogP contribution in [0.25, 0.3) is 0 Å². The minimum atomic E-state index is -3.49. The molecule has 0 spiro atoms. The minimum absolute atomic E-state index is 0.0113. The van der Waals surface area contributed by atoms with Gasteiger partial charge in [0.25, 0.3) is 10.0 Å². The summed E-state index contributed by atoms with van der Waals surface area (Å²) in [7, 11) is -3.49. The predicted molar refractivity (Wildman–Crippen MR) is 68.6 cm³/mol. The molecule has 0 aliphatic heterocycles. The third-order valence-corrected chi connectivity index (χ3v) is 4.57. The smallest absolute Gasteiger partial charge is 0.274 e. The second-order valence-electron chi connectivity index (χ2n) is 4.63. The normalized spacial score (nSPS) is 23.2. The fourth-order valence-corrected chi connectivity index (χ4v) is 3.21. The maximum atomic E-state index is 12.0. The van der Waals surface area contributed by atoms with Crippen molar-refractivity contribution in [1.29, 1.82) is 0 Å². The lowest BCUT2D eigenvalue weighted by molar-refractivity contribution is 0.401. The van der Waals surface area contributed by atoms with Gasteiger partial charge in [0.2, 0.25) is 5.09 Å². The van der Waals surface area contributed by atoms with Crippen molar-refractivity contribution in [3.8, 4) is 0 Å². The zero-order valence-electron chi connectivity index (χ0n) is 10.8. The molecule has 1 aromatic heterocycles. The molecule has 18 heavy (non-hydrogen) atoms. The minimum Gasteiger partial charge on any atom is -0.447 e. The number of sulfonamides is 1. The SMILES string of the molecule is CCNCc1ccc(S(=O)(=O)NC2CC2CC)o1. The third kappa shape index (κ3) is 3.13. The van der Waals surface area contributed by atoms with Crippen molar-refractivity contribution in [2.75, 3.05) is 6.54 Å². The molecular weight excluding hydrogens is 252 g/mol. The van der Waals surface area contributed by atoms with E-state index >= 15 is 0 Å². The van der Waals surface area contributed by atoms with Crippen LogP contribution >= 0.6 is 0 Å². The second-order valence-corrected chi connectivity index (χ2v) is 6.28. The van der Waals surface area contributed by atoms with Gasteiger partial charge in [-0.2, -0.15) is 0 Å². The molecule has 1 heterocycles. The van der Waals surface area contributed by atoms with Gasteiger partial charge in [-0.1, -0.05) is 20.3 Å². The van der Waals surface area contributed by atoms with Crippen molar-refractivity contribution >= 4 is 10.0 Å². The molecule has 0 amide bonds. The van der Waals surface area contributed by atoms with Gasteiger partial charge in [0.15, 0.2) is 0 Å². The molecule has 2 unspecified atom stereocenters. The Bertz CT molecular complexity index is 495. The summed E-state index contributed by atoms with van der Waals surface area (Å²) < 4.78 is 32.0. The van der Waals surface area contributed by atoms with Crippen molar-refractivity contribution < 1.29 is 12.8 Å². The standard InChI is InChI=1S/C12H20N2O3S/c1-3-9-7-11(9)14-18(15,16)12-6-5-10(17-12)8-13-4-2/h5-6,9,11,13-14H,3-4,7-8H2,1-2H3. The average Bonchev–Trinajstić information content (AvgIpc) is 2.89. The van der Waals surface area contributed by atoms with Crippen LogP contribution in [0.4, 0.5) is 0 Å². The van der Waals surface area contributed by atoms with Crippen molar-refractivity contribution in [1.82, 2.24) is 10.0 Å². The van der Waals surface area contributed by atoms with E-state index in [1.807, 2.05) is 6.92 Å². The maximum Gasteiger partial charge on any atom is 0.274 e. The van der Waals surface area contributed by atoms with E-state index in [9.17, 15) is 8.42 Å². The molecule has 0 aromatic carbocycles. The van der Waals surface area contributed by atoms with Gasteiger partial charge >= 0.3 is 0 Å². The topological polar surface area (TPSA) is 71.3 Å². The van der Waals surface area contributed by atoms with E-state index in [1.165, 1.54) is 6.07 Å². The maximum absolute atomic E-state index is 12.0. The Labute approximate surface area is 108 Å². The molecule has 2 rings (SSSR count). The van der Waals surface area contributed by atoms with E-state index in [0.717, 1.165) is 19.4 Å². The molecule has 6 heteroatoms. The van der Waals surface area contributed by atoms with Crippen LogP contribution in [0.15, 0.2) is 21.6 Å². The Morgan fingerprint density at radius 2 is 2.17 bits per heavy atom. The highest BCUT2D eigenvalue weighted by Crippen LogP contribution is 2.34. The van der Waals surface area contributed by atoms with Crippen LogP contribution in [0.2, 0.25) is 0 Å². The van der Waals surface area contributed by atoms with Gasteiger partial charge in [0.1, 0.15) is 5.76 Å². The van der Waals surface area contributed by atoms with Crippen LogP contribution in [0.1, 0.15) is 32.4 Å². The number of hydrogen-bond acceptors (Lipinski definition) is 4. The fourth-order valence-electron chi connectivity index (χ4n) is 1.95. The molecule has 0 radical (unpaired) electrons. The molecule has 1 fully saturated rings. The number of nitrogens with one attached hydrogen (secondary N) is 2. The van der Waals surface area contributed by atoms with E-state index in [-0.39, 0.29) is 11.1 Å². The van der Waals surface area contributed by atoms with Gasteiger partial charge in [-0.15, -0.1) is 0 Å². The first-order chi connectivity index (χ1) is 8.56. The number of hydrogen-bond donors (Lipinski definition) is 2. The molecule has 0 saturated heterocycles. The molecule has 0 bridgehead atoms. The lowest BCUT2D eigenvalue weighted by atomic mass is 10.3. The Morgan fingerprint density at radius 1 is 1.39 bits per heavy atom. The van der Waals surface area contributed by atoms with Crippen LogP contribution in [0.5, 0.6) is 0 Å². The summed E-state index contributed by atoms with van der Waals surface area (Å²) in [6.45, 7) is 5.43.